The SMILES string of the molecule is Cc1cccc([C@H]2CCCN2C[C@@H]2CCN(C(=O)c3ccccc3)C2)n1. The second-order valence-electron chi connectivity index (χ2n) is 7.63. The average molecular weight is 349 g/mol. The van der Waals surface area contributed by atoms with E-state index in [4.69, 9.17) is 4.98 Å². The van der Waals surface area contributed by atoms with Crippen molar-refractivity contribution in [3.05, 3.63) is 65.5 Å². The lowest BCUT2D eigenvalue weighted by Crippen LogP contribution is -2.33. The first-order chi connectivity index (χ1) is 12.7. The molecule has 0 spiro atoms. The molecule has 0 aliphatic carbocycles. The predicted octanol–water partition coefficient (Wildman–Crippen LogP) is 3.69. The smallest absolute Gasteiger partial charge is 0.253 e. The van der Waals surface area contributed by atoms with Gasteiger partial charge in [-0.1, -0.05) is 24.3 Å². The minimum Gasteiger partial charge on any atom is -0.338 e. The van der Waals surface area contributed by atoms with Crippen LogP contribution in [0, 0.1) is 12.8 Å². The van der Waals surface area contributed by atoms with Crippen LogP contribution in [0.3, 0.4) is 0 Å². The third-order valence-corrected chi connectivity index (χ3v) is 5.70. The Hall–Kier alpha value is -2.20. The van der Waals surface area contributed by atoms with Crippen molar-refractivity contribution in [2.45, 2.75) is 32.2 Å². The Morgan fingerprint density at radius 3 is 2.73 bits per heavy atom. The first kappa shape index (κ1) is 17.2. The molecule has 1 aromatic carbocycles. The number of rotatable bonds is 4. The van der Waals surface area contributed by atoms with E-state index in [0.29, 0.717) is 12.0 Å². The summed E-state index contributed by atoms with van der Waals surface area (Å²) in [7, 11) is 0. The van der Waals surface area contributed by atoms with Crippen molar-refractivity contribution in [3.8, 4) is 0 Å². The summed E-state index contributed by atoms with van der Waals surface area (Å²) in [5.41, 5.74) is 3.10. The normalized spacial score (nSPS) is 23.5. The van der Waals surface area contributed by atoms with Crippen LogP contribution in [0.15, 0.2) is 48.5 Å². The van der Waals surface area contributed by atoms with E-state index in [2.05, 4.69) is 30.0 Å². The standard InChI is InChI=1S/C22H27N3O/c1-17-7-5-10-20(23-17)21-11-6-13-24(21)15-18-12-14-25(16-18)22(26)19-8-3-2-4-9-19/h2-5,7-10,18,21H,6,11-16H2,1H3/t18-,21+/m0/s1. The van der Waals surface area contributed by atoms with Crippen molar-refractivity contribution in [1.29, 1.82) is 0 Å². The van der Waals surface area contributed by atoms with E-state index in [1.54, 1.807) is 0 Å². The van der Waals surface area contributed by atoms with E-state index in [1.165, 1.54) is 18.5 Å². The maximum Gasteiger partial charge on any atom is 0.253 e. The van der Waals surface area contributed by atoms with Gasteiger partial charge in [0.2, 0.25) is 0 Å². The Bertz CT molecular complexity index is 761. The van der Waals surface area contributed by atoms with Gasteiger partial charge in [0.05, 0.1) is 11.7 Å². The summed E-state index contributed by atoms with van der Waals surface area (Å²) in [6.45, 7) is 6.02. The molecular formula is C22H27N3O. The fraction of sp³-hybridized carbons (Fsp3) is 0.455. The number of aromatic nitrogens is 1. The summed E-state index contributed by atoms with van der Waals surface area (Å²) in [6.07, 6.45) is 3.53. The van der Waals surface area contributed by atoms with Crippen LogP contribution in [-0.2, 0) is 0 Å². The van der Waals surface area contributed by atoms with Gasteiger partial charge >= 0.3 is 0 Å². The zero-order valence-corrected chi connectivity index (χ0v) is 15.5. The lowest BCUT2D eigenvalue weighted by atomic mass is 10.1. The Labute approximate surface area is 155 Å². The minimum absolute atomic E-state index is 0.173. The van der Waals surface area contributed by atoms with E-state index in [0.717, 1.165) is 43.9 Å². The van der Waals surface area contributed by atoms with Crippen LogP contribution in [0.4, 0.5) is 0 Å². The molecule has 0 bridgehead atoms. The van der Waals surface area contributed by atoms with Crippen molar-refractivity contribution in [2.24, 2.45) is 5.92 Å². The molecule has 0 saturated carbocycles. The molecule has 4 nitrogen and oxygen atoms in total. The van der Waals surface area contributed by atoms with Crippen LogP contribution >= 0.6 is 0 Å². The summed E-state index contributed by atoms with van der Waals surface area (Å²) in [5.74, 6) is 0.736. The highest BCUT2D eigenvalue weighted by atomic mass is 16.2. The number of carbonyl (C=O) groups is 1. The minimum atomic E-state index is 0.173. The Morgan fingerprint density at radius 2 is 1.92 bits per heavy atom. The zero-order valence-electron chi connectivity index (χ0n) is 15.5. The van der Waals surface area contributed by atoms with E-state index in [1.807, 2.05) is 35.2 Å². The molecule has 2 aliphatic rings. The van der Waals surface area contributed by atoms with Gasteiger partial charge in [-0.25, -0.2) is 0 Å². The van der Waals surface area contributed by atoms with Gasteiger partial charge in [0, 0.05) is 30.9 Å². The van der Waals surface area contributed by atoms with Crippen LogP contribution in [0.2, 0.25) is 0 Å². The van der Waals surface area contributed by atoms with Crippen LogP contribution in [0.25, 0.3) is 0 Å². The number of pyridine rings is 1. The van der Waals surface area contributed by atoms with Crippen LogP contribution in [-0.4, -0.2) is 46.9 Å². The van der Waals surface area contributed by atoms with Gasteiger partial charge in [-0.2, -0.15) is 0 Å². The average Bonchev–Trinajstić information content (AvgIpc) is 3.32. The lowest BCUT2D eigenvalue weighted by Gasteiger charge is -2.27. The molecule has 0 N–H and O–H groups in total. The van der Waals surface area contributed by atoms with Gasteiger partial charge in [-0.15, -0.1) is 0 Å². The van der Waals surface area contributed by atoms with Gasteiger partial charge < -0.3 is 4.90 Å². The third-order valence-electron chi connectivity index (χ3n) is 5.70. The van der Waals surface area contributed by atoms with Crippen LogP contribution < -0.4 is 0 Å². The van der Waals surface area contributed by atoms with Crippen molar-refractivity contribution in [2.75, 3.05) is 26.2 Å². The maximum absolute atomic E-state index is 12.7. The Morgan fingerprint density at radius 1 is 1.08 bits per heavy atom. The van der Waals surface area contributed by atoms with Crippen LogP contribution in [0.5, 0.6) is 0 Å². The molecule has 26 heavy (non-hydrogen) atoms. The summed E-state index contributed by atoms with van der Waals surface area (Å²) in [5, 5.41) is 0. The van der Waals surface area contributed by atoms with Crippen molar-refractivity contribution in [1.82, 2.24) is 14.8 Å². The number of nitrogens with zero attached hydrogens (tertiary/aromatic N) is 3. The molecule has 2 fully saturated rings. The molecule has 2 saturated heterocycles. The van der Waals surface area contributed by atoms with Gasteiger partial charge in [-0.05, 0) is 62.9 Å². The number of likely N-dealkylation sites (tertiary alicyclic amines) is 2. The van der Waals surface area contributed by atoms with Crippen molar-refractivity contribution >= 4 is 5.91 Å². The quantitative estimate of drug-likeness (QED) is 0.845. The highest BCUT2D eigenvalue weighted by Gasteiger charge is 2.33. The second-order valence-corrected chi connectivity index (χ2v) is 7.63. The van der Waals surface area contributed by atoms with Gasteiger partial charge in [0.15, 0.2) is 0 Å². The number of benzene rings is 1. The first-order valence-electron chi connectivity index (χ1n) is 9.72. The molecule has 1 aromatic heterocycles. The summed E-state index contributed by atoms with van der Waals surface area (Å²) in [4.78, 5) is 22.0. The second kappa shape index (κ2) is 7.58. The number of hydrogen-bond donors (Lipinski definition) is 0. The van der Waals surface area contributed by atoms with Gasteiger partial charge in [0.25, 0.3) is 5.91 Å². The molecule has 4 heteroatoms. The molecule has 2 aromatic rings. The number of amides is 1. The molecular weight excluding hydrogens is 322 g/mol. The number of carbonyl (C=O) groups excluding carboxylic acids is 1. The molecule has 0 radical (unpaired) electrons. The zero-order chi connectivity index (χ0) is 17.9. The Balaban J connectivity index is 1.38. The predicted molar refractivity (Wildman–Crippen MR) is 103 cm³/mol. The summed E-state index contributed by atoms with van der Waals surface area (Å²) < 4.78 is 0. The summed E-state index contributed by atoms with van der Waals surface area (Å²) in [6, 6.07) is 16.4. The fourth-order valence-electron chi connectivity index (χ4n) is 4.39. The molecule has 1 amide bonds. The fourth-order valence-corrected chi connectivity index (χ4v) is 4.39. The maximum atomic E-state index is 12.7. The van der Waals surface area contributed by atoms with E-state index < -0.39 is 0 Å². The van der Waals surface area contributed by atoms with Gasteiger partial charge in [0.1, 0.15) is 0 Å². The third kappa shape index (κ3) is 3.65. The molecule has 2 aliphatic heterocycles. The highest BCUT2D eigenvalue weighted by Crippen LogP contribution is 2.33. The summed E-state index contributed by atoms with van der Waals surface area (Å²) >= 11 is 0. The molecule has 3 heterocycles. The Kier molecular flexibility index (Phi) is 5.02. The molecule has 0 unspecified atom stereocenters. The molecule has 4 rings (SSSR count). The van der Waals surface area contributed by atoms with Crippen molar-refractivity contribution in [3.63, 3.8) is 0 Å². The largest absolute Gasteiger partial charge is 0.338 e. The molecule has 2 atom stereocenters. The first-order valence-corrected chi connectivity index (χ1v) is 9.72. The number of aryl methyl sites for hydroxylation is 1. The molecule has 136 valence electrons. The van der Waals surface area contributed by atoms with Crippen molar-refractivity contribution < 1.29 is 4.79 Å². The van der Waals surface area contributed by atoms with E-state index in [9.17, 15) is 4.79 Å². The monoisotopic (exact) mass is 349 g/mol. The lowest BCUT2D eigenvalue weighted by molar-refractivity contribution is 0.0782. The highest BCUT2D eigenvalue weighted by molar-refractivity contribution is 5.94. The van der Waals surface area contributed by atoms with E-state index in [-0.39, 0.29) is 5.91 Å². The number of hydrogen-bond acceptors (Lipinski definition) is 3. The van der Waals surface area contributed by atoms with Crippen LogP contribution in [0.1, 0.15) is 47.1 Å². The van der Waals surface area contributed by atoms with Gasteiger partial charge in [-0.3, -0.25) is 14.7 Å². The van der Waals surface area contributed by atoms with E-state index >= 15 is 0 Å². The topological polar surface area (TPSA) is 36.4 Å².